The van der Waals surface area contributed by atoms with Crippen molar-refractivity contribution in [2.75, 3.05) is 17.9 Å². The zero-order chi connectivity index (χ0) is 22.4. The number of rotatable bonds is 7. The first kappa shape index (κ1) is 21.2. The van der Waals surface area contributed by atoms with Crippen molar-refractivity contribution in [3.63, 3.8) is 0 Å². The standard InChI is InChI=1S/C20H18N6O5/c1-12-7-3-4-8-13(12)19(27)25-24-18-16(26(29)30)17(21-11-22-18)23-15-10-6-5-9-14(15)20(28)31-2/h3-11H,1-2H3,(H,25,27)(H2,21,22,23,24). The highest BCUT2D eigenvalue weighted by Gasteiger charge is 2.25. The van der Waals surface area contributed by atoms with E-state index in [0.717, 1.165) is 11.9 Å². The average Bonchev–Trinajstić information content (AvgIpc) is 2.77. The predicted octanol–water partition coefficient (Wildman–Crippen LogP) is 2.98. The van der Waals surface area contributed by atoms with Crippen LogP contribution in [0.3, 0.4) is 0 Å². The lowest BCUT2D eigenvalue weighted by Gasteiger charge is -2.13. The van der Waals surface area contributed by atoms with Gasteiger partial charge >= 0.3 is 11.7 Å². The van der Waals surface area contributed by atoms with Crippen LogP contribution in [-0.4, -0.2) is 33.9 Å². The molecule has 3 rings (SSSR count). The SMILES string of the molecule is COC(=O)c1ccccc1Nc1ncnc(NNC(=O)c2ccccc2C)c1[N+](=O)[O-]. The minimum Gasteiger partial charge on any atom is -0.465 e. The van der Waals surface area contributed by atoms with Crippen molar-refractivity contribution in [3.8, 4) is 0 Å². The number of nitro groups is 1. The fourth-order valence-electron chi connectivity index (χ4n) is 2.75. The highest BCUT2D eigenvalue weighted by Crippen LogP contribution is 2.32. The number of nitrogens with one attached hydrogen (secondary N) is 3. The van der Waals surface area contributed by atoms with Gasteiger partial charge < -0.3 is 10.1 Å². The molecule has 1 amide bonds. The molecule has 0 bridgehead atoms. The maximum atomic E-state index is 12.4. The van der Waals surface area contributed by atoms with Gasteiger partial charge in [-0.3, -0.25) is 25.8 Å². The number of ether oxygens (including phenoxy) is 1. The molecule has 0 aliphatic heterocycles. The molecular weight excluding hydrogens is 404 g/mol. The maximum absolute atomic E-state index is 12.4. The topological polar surface area (TPSA) is 148 Å². The summed E-state index contributed by atoms with van der Waals surface area (Å²) in [6.07, 6.45) is 1.08. The monoisotopic (exact) mass is 422 g/mol. The Morgan fingerprint density at radius 3 is 2.32 bits per heavy atom. The lowest BCUT2D eigenvalue weighted by molar-refractivity contribution is -0.383. The van der Waals surface area contributed by atoms with Crippen LogP contribution in [0, 0.1) is 17.0 Å². The van der Waals surface area contributed by atoms with Gasteiger partial charge in [-0.1, -0.05) is 30.3 Å². The first-order valence-electron chi connectivity index (χ1n) is 8.98. The number of methoxy groups -OCH3 is 1. The number of hydrogen-bond acceptors (Lipinski definition) is 9. The number of hydrogen-bond donors (Lipinski definition) is 3. The van der Waals surface area contributed by atoms with Crippen LogP contribution in [0.1, 0.15) is 26.3 Å². The Labute approximate surface area is 176 Å². The fraction of sp³-hybridized carbons (Fsp3) is 0.100. The third-order valence-corrected chi connectivity index (χ3v) is 4.27. The van der Waals surface area contributed by atoms with E-state index in [2.05, 4.69) is 26.1 Å². The van der Waals surface area contributed by atoms with Crippen LogP contribution in [0.4, 0.5) is 23.0 Å². The van der Waals surface area contributed by atoms with Gasteiger partial charge in [0.25, 0.3) is 5.91 Å². The average molecular weight is 422 g/mol. The summed E-state index contributed by atoms with van der Waals surface area (Å²) in [4.78, 5) is 43.1. The van der Waals surface area contributed by atoms with Gasteiger partial charge in [0.15, 0.2) is 0 Å². The number of aromatic nitrogens is 2. The minimum absolute atomic E-state index is 0.167. The van der Waals surface area contributed by atoms with Crippen molar-refractivity contribution >= 4 is 34.9 Å². The Morgan fingerprint density at radius 1 is 1.00 bits per heavy atom. The van der Waals surface area contributed by atoms with E-state index in [1.165, 1.54) is 13.2 Å². The summed E-state index contributed by atoms with van der Waals surface area (Å²) in [5, 5.41) is 14.5. The van der Waals surface area contributed by atoms with Gasteiger partial charge in [-0.05, 0) is 30.7 Å². The molecule has 0 radical (unpaired) electrons. The molecule has 0 saturated heterocycles. The van der Waals surface area contributed by atoms with Crippen LogP contribution < -0.4 is 16.2 Å². The van der Waals surface area contributed by atoms with Gasteiger partial charge in [0.05, 0.1) is 23.3 Å². The number of hydrazine groups is 1. The molecule has 158 valence electrons. The first-order valence-corrected chi connectivity index (χ1v) is 8.98. The fourth-order valence-corrected chi connectivity index (χ4v) is 2.75. The van der Waals surface area contributed by atoms with Gasteiger partial charge in [0.1, 0.15) is 6.33 Å². The number of anilines is 3. The summed E-state index contributed by atoms with van der Waals surface area (Å²) >= 11 is 0. The molecule has 3 aromatic rings. The summed E-state index contributed by atoms with van der Waals surface area (Å²) in [6.45, 7) is 1.77. The number of amides is 1. The molecule has 31 heavy (non-hydrogen) atoms. The normalized spacial score (nSPS) is 10.1. The molecule has 0 atom stereocenters. The van der Waals surface area contributed by atoms with E-state index in [1.807, 2.05) is 0 Å². The number of esters is 1. The van der Waals surface area contributed by atoms with Crippen LogP contribution in [0.15, 0.2) is 54.9 Å². The van der Waals surface area contributed by atoms with E-state index in [9.17, 15) is 19.7 Å². The molecule has 3 N–H and O–H groups in total. The Bertz CT molecular complexity index is 1150. The van der Waals surface area contributed by atoms with Crippen molar-refractivity contribution in [3.05, 3.63) is 81.7 Å². The number of benzene rings is 2. The van der Waals surface area contributed by atoms with Crippen LogP contribution in [0.25, 0.3) is 0 Å². The first-order chi connectivity index (χ1) is 14.9. The Kier molecular flexibility index (Phi) is 6.36. The van der Waals surface area contributed by atoms with Crippen LogP contribution in [0.2, 0.25) is 0 Å². The highest BCUT2D eigenvalue weighted by atomic mass is 16.6. The molecule has 0 fully saturated rings. The molecule has 1 heterocycles. The second-order valence-corrected chi connectivity index (χ2v) is 6.23. The summed E-state index contributed by atoms with van der Waals surface area (Å²) in [5.74, 6) is -1.52. The van der Waals surface area contributed by atoms with Crippen LogP contribution >= 0.6 is 0 Å². The molecule has 11 heteroatoms. The summed E-state index contributed by atoms with van der Waals surface area (Å²) in [7, 11) is 1.23. The second kappa shape index (κ2) is 9.31. The van der Waals surface area contributed by atoms with E-state index in [0.29, 0.717) is 5.56 Å². The molecule has 0 aliphatic rings. The number of aryl methyl sites for hydroxylation is 1. The molecule has 0 saturated carbocycles. The second-order valence-electron chi connectivity index (χ2n) is 6.23. The van der Waals surface area contributed by atoms with E-state index in [4.69, 9.17) is 4.74 Å². The molecule has 0 unspecified atom stereocenters. The maximum Gasteiger partial charge on any atom is 0.355 e. The smallest absolute Gasteiger partial charge is 0.355 e. The van der Waals surface area contributed by atoms with Crippen molar-refractivity contribution in [1.29, 1.82) is 0 Å². The van der Waals surface area contributed by atoms with Crippen molar-refractivity contribution in [2.45, 2.75) is 6.92 Å². The van der Waals surface area contributed by atoms with Crippen molar-refractivity contribution < 1.29 is 19.2 Å². The lowest BCUT2D eigenvalue weighted by atomic mass is 10.1. The number of carbonyl (C=O) groups excluding carboxylic acids is 2. The van der Waals surface area contributed by atoms with Gasteiger partial charge in [-0.25, -0.2) is 14.8 Å². The summed E-state index contributed by atoms with van der Waals surface area (Å²) < 4.78 is 4.73. The molecule has 0 aliphatic carbocycles. The minimum atomic E-state index is -0.703. The molecule has 11 nitrogen and oxygen atoms in total. The van der Waals surface area contributed by atoms with Crippen LogP contribution in [0.5, 0.6) is 0 Å². The zero-order valence-electron chi connectivity index (χ0n) is 16.6. The van der Waals surface area contributed by atoms with Crippen molar-refractivity contribution in [1.82, 2.24) is 15.4 Å². The quantitative estimate of drug-likeness (QED) is 0.297. The zero-order valence-corrected chi connectivity index (χ0v) is 16.6. The van der Waals surface area contributed by atoms with E-state index < -0.39 is 22.5 Å². The van der Waals surface area contributed by atoms with E-state index in [-0.39, 0.29) is 22.9 Å². The third-order valence-electron chi connectivity index (χ3n) is 4.27. The van der Waals surface area contributed by atoms with Gasteiger partial charge in [-0.2, -0.15) is 0 Å². The summed E-state index contributed by atoms with van der Waals surface area (Å²) in [6, 6.07) is 13.2. The van der Waals surface area contributed by atoms with Crippen LogP contribution in [-0.2, 0) is 4.74 Å². The Morgan fingerprint density at radius 2 is 1.65 bits per heavy atom. The lowest BCUT2D eigenvalue weighted by Crippen LogP contribution is -2.30. The molecule has 1 aromatic heterocycles. The Balaban J connectivity index is 1.89. The van der Waals surface area contributed by atoms with Crippen molar-refractivity contribution in [2.24, 2.45) is 0 Å². The largest absolute Gasteiger partial charge is 0.465 e. The molecule has 0 spiro atoms. The van der Waals surface area contributed by atoms with Gasteiger partial charge in [0, 0.05) is 5.56 Å². The molecule has 2 aromatic carbocycles. The predicted molar refractivity (Wildman–Crippen MR) is 112 cm³/mol. The number of para-hydroxylation sites is 1. The Hall–Kier alpha value is -4.54. The number of carbonyl (C=O) groups is 2. The van der Waals surface area contributed by atoms with E-state index in [1.54, 1.807) is 49.4 Å². The summed E-state index contributed by atoms with van der Waals surface area (Å²) in [5.41, 5.74) is 5.90. The van der Waals surface area contributed by atoms with E-state index >= 15 is 0 Å². The third kappa shape index (κ3) is 4.72. The van der Waals surface area contributed by atoms with Gasteiger partial charge in [-0.15, -0.1) is 0 Å². The molecular formula is C20H18N6O5. The highest BCUT2D eigenvalue weighted by molar-refractivity contribution is 5.97. The number of nitrogens with zero attached hydrogens (tertiary/aromatic N) is 3. The van der Waals surface area contributed by atoms with Gasteiger partial charge in [0.2, 0.25) is 11.6 Å².